The molecule has 0 aliphatic heterocycles. The van der Waals surface area contributed by atoms with Gasteiger partial charge in [0.25, 0.3) is 0 Å². The van der Waals surface area contributed by atoms with Crippen LogP contribution in [0.5, 0.6) is 0 Å². The molecule has 1 rings (SSSR count). The number of aromatic nitrogens is 2. The summed E-state index contributed by atoms with van der Waals surface area (Å²) in [5.41, 5.74) is 5.19. The van der Waals surface area contributed by atoms with Crippen molar-refractivity contribution in [2.24, 2.45) is 5.92 Å². The van der Waals surface area contributed by atoms with Crippen molar-refractivity contribution in [3.05, 3.63) is 16.3 Å². The maximum Gasteiger partial charge on any atom is 0.329 e. The second-order valence-corrected chi connectivity index (χ2v) is 3.89. The zero-order valence-electron chi connectivity index (χ0n) is 10.2. The topological polar surface area (TPSA) is 127 Å². The van der Waals surface area contributed by atoms with Crippen LogP contribution < -0.4 is 11.1 Å². The predicted octanol–water partition coefficient (Wildman–Crippen LogP) is 0.788. The minimum absolute atomic E-state index is 0.0155. The van der Waals surface area contributed by atoms with Crippen LogP contribution in [0.4, 0.5) is 17.5 Å². The van der Waals surface area contributed by atoms with Gasteiger partial charge >= 0.3 is 5.69 Å². The van der Waals surface area contributed by atoms with Crippen LogP contribution in [0.3, 0.4) is 0 Å². The maximum atomic E-state index is 10.8. The van der Waals surface area contributed by atoms with Crippen LogP contribution in [0.1, 0.15) is 19.8 Å². The third kappa shape index (κ3) is 3.81. The lowest BCUT2D eigenvalue weighted by Crippen LogP contribution is -2.17. The Kier molecular flexibility index (Phi) is 5.25. The minimum atomic E-state index is -0.561. The van der Waals surface area contributed by atoms with Crippen LogP contribution in [-0.2, 0) is 0 Å². The summed E-state index contributed by atoms with van der Waals surface area (Å²) in [4.78, 5) is 17.6. The minimum Gasteiger partial charge on any atom is -0.396 e. The summed E-state index contributed by atoms with van der Waals surface area (Å²) in [6.45, 7) is 2.58. The van der Waals surface area contributed by atoms with Crippen molar-refractivity contribution in [2.75, 3.05) is 24.2 Å². The van der Waals surface area contributed by atoms with Crippen molar-refractivity contribution in [3.8, 4) is 0 Å². The molecule has 0 saturated carbocycles. The van der Waals surface area contributed by atoms with Crippen molar-refractivity contribution < 1.29 is 10.0 Å². The Labute approximate surface area is 104 Å². The van der Waals surface area contributed by atoms with E-state index in [-0.39, 0.29) is 30.0 Å². The van der Waals surface area contributed by atoms with E-state index in [1.54, 1.807) is 0 Å². The SMILES string of the molecule is CCC(CCO)CNc1nc(N)ncc1[N+](=O)[O-]. The molecule has 0 fully saturated rings. The van der Waals surface area contributed by atoms with Crippen LogP contribution in [-0.4, -0.2) is 33.1 Å². The molecule has 0 aromatic carbocycles. The fourth-order valence-electron chi connectivity index (χ4n) is 1.53. The van der Waals surface area contributed by atoms with Crippen molar-refractivity contribution in [1.29, 1.82) is 0 Å². The highest BCUT2D eigenvalue weighted by Crippen LogP contribution is 2.21. The van der Waals surface area contributed by atoms with E-state index in [0.29, 0.717) is 13.0 Å². The fraction of sp³-hybridized carbons (Fsp3) is 0.600. The fourth-order valence-corrected chi connectivity index (χ4v) is 1.53. The summed E-state index contributed by atoms with van der Waals surface area (Å²) >= 11 is 0. The number of nitrogens with two attached hydrogens (primary N) is 1. The molecule has 1 atom stereocenters. The van der Waals surface area contributed by atoms with Crippen molar-refractivity contribution in [2.45, 2.75) is 19.8 Å². The second-order valence-electron chi connectivity index (χ2n) is 3.89. The quantitative estimate of drug-likeness (QED) is 0.485. The summed E-state index contributed by atoms with van der Waals surface area (Å²) in [7, 11) is 0. The number of anilines is 2. The molecule has 4 N–H and O–H groups in total. The molecule has 1 aromatic heterocycles. The number of nitrogens with one attached hydrogen (secondary N) is 1. The van der Waals surface area contributed by atoms with Gasteiger partial charge in [-0.05, 0) is 12.3 Å². The highest BCUT2D eigenvalue weighted by Gasteiger charge is 2.17. The smallest absolute Gasteiger partial charge is 0.329 e. The van der Waals surface area contributed by atoms with Gasteiger partial charge in [-0.2, -0.15) is 4.98 Å². The van der Waals surface area contributed by atoms with Gasteiger partial charge in [0, 0.05) is 13.2 Å². The highest BCUT2D eigenvalue weighted by atomic mass is 16.6. The third-order valence-electron chi connectivity index (χ3n) is 2.66. The number of nitro groups is 1. The van der Waals surface area contributed by atoms with Crippen LogP contribution in [0.15, 0.2) is 6.20 Å². The first-order chi connectivity index (χ1) is 8.58. The first kappa shape index (κ1) is 14.1. The molecule has 0 aliphatic carbocycles. The van der Waals surface area contributed by atoms with Gasteiger partial charge in [-0.15, -0.1) is 0 Å². The number of hydrogen-bond acceptors (Lipinski definition) is 7. The number of rotatable bonds is 7. The Bertz CT molecular complexity index is 412. The zero-order valence-corrected chi connectivity index (χ0v) is 10.2. The summed E-state index contributed by atoms with van der Waals surface area (Å²) < 4.78 is 0. The predicted molar refractivity (Wildman–Crippen MR) is 67.1 cm³/mol. The molecule has 0 spiro atoms. The van der Waals surface area contributed by atoms with Crippen molar-refractivity contribution in [1.82, 2.24) is 9.97 Å². The van der Waals surface area contributed by atoms with Gasteiger partial charge in [-0.1, -0.05) is 13.3 Å². The van der Waals surface area contributed by atoms with E-state index >= 15 is 0 Å². The zero-order chi connectivity index (χ0) is 13.5. The molecular formula is C10H17N5O3. The number of nitrogens with zero attached hydrogens (tertiary/aromatic N) is 3. The largest absolute Gasteiger partial charge is 0.396 e. The summed E-state index contributed by atoms with van der Waals surface area (Å²) in [5.74, 6) is 0.327. The molecule has 8 nitrogen and oxygen atoms in total. The Morgan fingerprint density at radius 3 is 2.94 bits per heavy atom. The normalized spacial score (nSPS) is 12.1. The highest BCUT2D eigenvalue weighted by molar-refractivity contribution is 5.56. The van der Waals surface area contributed by atoms with Crippen LogP contribution in [0.25, 0.3) is 0 Å². The lowest BCUT2D eigenvalue weighted by atomic mass is 10.0. The van der Waals surface area contributed by atoms with E-state index in [4.69, 9.17) is 10.8 Å². The Morgan fingerprint density at radius 2 is 2.39 bits per heavy atom. The molecule has 1 aromatic rings. The molecular weight excluding hydrogens is 238 g/mol. The molecule has 0 aliphatic rings. The summed E-state index contributed by atoms with van der Waals surface area (Å²) in [6.07, 6.45) is 2.58. The van der Waals surface area contributed by atoms with Crippen molar-refractivity contribution in [3.63, 3.8) is 0 Å². The second kappa shape index (κ2) is 6.70. The number of aliphatic hydroxyl groups excluding tert-OH is 1. The van der Waals surface area contributed by atoms with E-state index in [1.165, 1.54) is 0 Å². The lowest BCUT2D eigenvalue weighted by molar-refractivity contribution is -0.384. The number of aliphatic hydroxyl groups is 1. The average molecular weight is 255 g/mol. The van der Waals surface area contributed by atoms with Gasteiger partial charge in [0.05, 0.1) is 4.92 Å². The Hall–Kier alpha value is -1.96. The molecule has 8 heteroatoms. The van der Waals surface area contributed by atoms with Gasteiger partial charge in [0.15, 0.2) is 0 Å². The summed E-state index contributed by atoms with van der Waals surface area (Å²) in [5, 5.41) is 22.5. The average Bonchev–Trinajstić information content (AvgIpc) is 2.34. The van der Waals surface area contributed by atoms with Crippen LogP contribution in [0.2, 0.25) is 0 Å². The Balaban J connectivity index is 2.76. The van der Waals surface area contributed by atoms with E-state index in [9.17, 15) is 10.1 Å². The summed E-state index contributed by atoms with van der Waals surface area (Å²) in [6, 6.07) is 0. The first-order valence-corrected chi connectivity index (χ1v) is 5.70. The van der Waals surface area contributed by atoms with E-state index < -0.39 is 4.92 Å². The first-order valence-electron chi connectivity index (χ1n) is 5.70. The third-order valence-corrected chi connectivity index (χ3v) is 2.66. The lowest BCUT2D eigenvalue weighted by Gasteiger charge is -2.14. The number of hydrogen-bond donors (Lipinski definition) is 3. The Morgan fingerprint density at radius 1 is 1.67 bits per heavy atom. The molecule has 0 saturated heterocycles. The van der Waals surface area contributed by atoms with E-state index in [2.05, 4.69) is 15.3 Å². The van der Waals surface area contributed by atoms with Crippen LogP contribution in [0, 0.1) is 16.0 Å². The molecule has 18 heavy (non-hydrogen) atoms. The molecule has 0 amide bonds. The molecule has 1 unspecified atom stereocenters. The molecule has 1 heterocycles. The molecule has 0 bridgehead atoms. The number of nitrogen functional groups attached to an aromatic ring is 1. The van der Waals surface area contributed by atoms with Gasteiger partial charge in [0.2, 0.25) is 11.8 Å². The standard InChI is InChI=1S/C10H17N5O3/c1-2-7(3-4-16)5-12-9-8(15(17)18)6-13-10(11)14-9/h6-7,16H,2-5H2,1H3,(H3,11,12,13,14). The van der Waals surface area contributed by atoms with Gasteiger partial charge < -0.3 is 16.2 Å². The van der Waals surface area contributed by atoms with Gasteiger partial charge in [-0.25, -0.2) is 4.98 Å². The van der Waals surface area contributed by atoms with Crippen LogP contribution >= 0.6 is 0 Å². The molecule has 100 valence electrons. The van der Waals surface area contributed by atoms with E-state index in [1.807, 2.05) is 6.92 Å². The van der Waals surface area contributed by atoms with Gasteiger partial charge in [-0.3, -0.25) is 10.1 Å². The monoisotopic (exact) mass is 255 g/mol. The van der Waals surface area contributed by atoms with Crippen molar-refractivity contribution >= 4 is 17.5 Å². The van der Waals surface area contributed by atoms with E-state index in [0.717, 1.165) is 12.6 Å². The molecule has 0 radical (unpaired) electrons. The maximum absolute atomic E-state index is 10.8. The van der Waals surface area contributed by atoms with Gasteiger partial charge in [0.1, 0.15) is 6.20 Å².